The molecule has 0 N–H and O–H groups in total. The van der Waals surface area contributed by atoms with Crippen molar-refractivity contribution in [1.82, 2.24) is 9.80 Å². The molecule has 1 unspecified atom stereocenters. The Balaban J connectivity index is 1.55. The molecule has 1 aliphatic rings. The van der Waals surface area contributed by atoms with Crippen molar-refractivity contribution in [2.45, 2.75) is 19.4 Å². The lowest BCUT2D eigenvalue weighted by molar-refractivity contribution is -0.135. The zero-order valence-electron chi connectivity index (χ0n) is 15.9. The van der Waals surface area contributed by atoms with Crippen LogP contribution >= 0.6 is 0 Å². The zero-order chi connectivity index (χ0) is 19.2. The Hall–Kier alpha value is -2.82. The molecular formula is C22H26N2O3. The van der Waals surface area contributed by atoms with Crippen LogP contribution < -0.4 is 4.74 Å². The van der Waals surface area contributed by atoms with Gasteiger partial charge in [0.15, 0.2) is 0 Å². The SMILES string of the molecule is COc1ccccc1CCN1CC(C(=O)N(C)Cc2ccccc2)CC1=O. The molecule has 5 nitrogen and oxygen atoms in total. The van der Waals surface area contributed by atoms with E-state index in [1.54, 1.807) is 24.0 Å². The molecule has 0 aliphatic carbocycles. The maximum atomic E-state index is 12.7. The summed E-state index contributed by atoms with van der Waals surface area (Å²) in [4.78, 5) is 28.6. The molecule has 1 saturated heterocycles. The minimum absolute atomic E-state index is 0.0343. The van der Waals surface area contributed by atoms with Gasteiger partial charge in [0.1, 0.15) is 5.75 Å². The number of carbonyl (C=O) groups excluding carboxylic acids is 2. The lowest BCUT2D eigenvalue weighted by Gasteiger charge is -2.22. The van der Waals surface area contributed by atoms with Crippen molar-refractivity contribution in [2.75, 3.05) is 27.2 Å². The topological polar surface area (TPSA) is 49.9 Å². The van der Waals surface area contributed by atoms with E-state index in [4.69, 9.17) is 4.74 Å². The predicted molar refractivity (Wildman–Crippen MR) is 104 cm³/mol. The van der Waals surface area contributed by atoms with Crippen LogP contribution in [-0.4, -0.2) is 48.9 Å². The lowest BCUT2D eigenvalue weighted by Crippen LogP contribution is -2.34. The van der Waals surface area contributed by atoms with Crippen LogP contribution in [0.4, 0.5) is 0 Å². The van der Waals surface area contributed by atoms with Crippen LogP contribution in [0.3, 0.4) is 0 Å². The van der Waals surface area contributed by atoms with E-state index in [2.05, 4.69) is 0 Å². The first kappa shape index (κ1) is 19.0. The van der Waals surface area contributed by atoms with E-state index in [1.165, 1.54) is 0 Å². The second kappa shape index (κ2) is 8.71. The average Bonchev–Trinajstić information content (AvgIpc) is 3.07. The number of hydrogen-bond acceptors (Lipinski definition) is 3. The Labute approximate surface area is 160 Å². The second-order valence-corrected chi connectivity index (χ2v) is 6.98. The summed E-state index contributed by atoms with van der Waals surface area (Å²) in [5, 5.41) is 0. The molecule has 0 radical (unpaired) electrons. The van der Waals surface area contributed by atoms with E-state index >= 15 is 0 Å². The third-order valence-corrected chi connectivity index (χ3v) is 5.05. The molecular weight excluding hydrogens is 340 g/mol. The van der Waals surface area contributed by atoms with Crippen LogP contribution in [0.5, 0.6) is 5.75 Å². The molecule has 1 aliphatic heterocycles. The van der Waals surface area contributed by atoms with Gasteiger partial charge in [-0.25, -0.2) is 0 Å². The Morgan fingerprint density at radius 3 is 2.59 bits per heavy atom. The number of hydrogen-bond donors (Lipinski definition) is 0. The fourth-order valence-corrected chi connectivity index (χ4v) is 3.57. The zero-order valence-corrected chi connectivity index (χ0v) is 15.9. The Bertz CT molecular complexity index is 791. The first-order chi connectivity index (χ1) is 13.1. The molecule has 1 atom stereocenters. The van der Waals surface area contributed by atoms with Crippen molar-refractivity contribution in [2.24, 2.45) is 5.92 Å². The summed E-state index contributed by atoms with van der Waals surface area (Å²) >= 11 is 0. The molecule has 1 fully saturated rings. The van der Waals surface area contributed by atoms with Gasteiger partial charge in [-0.3, -0.25) is 9.59 Å². The number of carbonyl (C=O) groups is 2. The molecule has 5 heteroatoms. The Morgan fingerprint density at radius 2 is 1.85 bits per heavy atom. The van der Waals surface area contributed by atoms with Crippen molar-refractivity contribution in [3.8, 4) is 5.75 Å². The first-order valence-electron chi connectivity index (χ1n) is 9.27. The van der Waals surface area contributed by atoms with Crippen molar-refractivity contribution in [3.63, 3.8) is 0 Å². The molecule has 3 rings (SSSR count). The van der Waals surface area contributed by atoms with E-state index in [1.807, 2.05) is 54.6 Å². The van der Waals surface area contributed by atoms with E-state index in [9.17, 15) is 9.59 Å². The summed E-state index contributed by atoms with van der Waals surface area (Å²) in [5.74, 6) is 0.659. The molecule has 0 saturated carbocycles. The minimum atomic E-state index is -0.260. The quantitative estimate of drug-likeness (QED) is 0.757. The maximum absolute atomic E-state index is 12.7. The van der Waals surface area contributed by atoms with Crippen LogP contribution in [-0.2, 0) is 22.6 Å². The summed E-state index contributed by atoms with van der Waals surface area (Å²) in [6.07, 6.45) is 1.01. The lowest BCUT2D eigenvalue weighted by atomic mass is 10.1. The van der Waals surface area contributed by atoms with Crippen LogP contribution in [0.1, 0.15) is 17.5 Å². The second-order valence-electron chi connectivity index (χ2n) is 6.98. The van der Waals surface area contributed by atoms with Gasteiger partial charge >= 0.3 is 0 Å². The van der Waals surface area contributed by atoms with Gasteiger partial charge in [-0.2, -0.15) is 0 Å². The van der Waals surface area contributed by atoms with E-state index in [0.717, 1.165) is 23.3 Å². The number of nitrogens with zero attached hydrogens (tertiary/aromatic N) is 2. The summed E-state index contributed by atoms with van der Waals surface area (Å²) in [5.41, 5.74) is 2.16. The number of benzene rings is 2. The van der Waals surface area contributed by atoms with Crippen molar-refractivity contribution >= 4 is 11.8 Å². The molecule has 27 heavy (non-hydrogen) atoms. The number of rotatable bonds is 7. The largest absolute Gasteiger partial charge is 0.496 e. The van der Waals surface area contributed by atoms with Crippen molar-refractivity contribution in [1.29, 1.82) is 0 Å². The minimum Gasteiger partial charge on any atom is -0.496 e. The standard InChI is InChI=1S/C22H26N2O3/c1-23(15-17-8-4-3-5-9-17)22(26)19-14-21(25)24(16-19)13-12-18-10-6-7-11-20(18)27-2/h3-11,19H,12-16H2,1-2H3. The van der Waals surface area contributed by atoms with Gasteiger partial charge in [-0.15, -0.1) is 0 Å². The highest BCUT2D eigenvalue weighted by atomic mass is 16.5. The Kier molecular flexibility index (Phi) is 6.12. The molecule has 2 aromatic carbocycles. The Morgan fingerprint density at radius 1 is 1.15 bits per heavy atom. The van der Waals surface area contributed by atoms with Gasteiger partial charge in [-0.1, -0.05) is 48.5 Å². The van der Waals surface area contributed by atoms with Crippen LogP contribution in [0.15, 0.2) is 54.6 Å². The summed E-state index contributed by atoms with van der Waals surface area (Å²) in [6.45, 7) is 1.66. The summed E-state index contributed by atoms with van der Waals surface area (Å²) in [6, 6.07) is 17.7. The van der Waals surface area contributed by atoms with Gasteiger partial charge in [-0.05, 0) is 23.6 Å². The normalized spacial score (nSPS) is 16.4. The molecule has 0 aromatic heterocycles. The van der Waals surface area contributed by atoms with E-state index in [-0.39, 0.29) is 17.7 Å². The van der Waals surface area contributed by atoms with E-state index < -0.39 is 0 Å². The van der Waals surface area contributed by atoms with Gasteiger partial charge in [0, 0.05) is 33.1 Å². The fraction of sp³-hybridized carbons (Fsp3) is 0.364. The highest BCUT2D eigenvalue weighted by Crippen LogP contribution is 2.23. The molecule has 1 heterocycles. The molecule has 142 valence electrons. The van der Waals surface area contributed by atoms with Crippen molar-refractivity contribution < 1.29 is 14.3 Å². The van der Waals surface area contributed by atoms with Gasteiger partial charge in [0.05, 0.1) is 13.0 Å². The monoisotopic (exact) mass is 366 g/mol. The summed E-state index contributed by atoms with van der Waals surface area (Å²) < 4.78 is 5.37. The fourth-order valence-electron chi connectivity index (χ4n) is 3.57. The third kappa shape index (κ3) is 4.67. The molecule has 2 aromatic rings. The third-order valence-electron chi connectivity index (χ3n) is 5.05. The van der Waals surface area contributed by atoms with E-state index in [0.29, 0.717) is 26.1 Å². The number of ether oxygens (including phenoxy) is 1. The van der Waals surface area contributed by atoms with Gasteiger partial charge in [0.25, 0.3) is 0 Å². The van der Waals surface area contributed by atoms with Crippen molar-refractivity contribution in [3.05, 3.63) is 65.7 Å². The van der Waals surface area contributed by atoms with Gasteiger partial charge < -0.3 is 14.5 Å². The number of likely N-dealkylation sites (tertiary alicyclic amines) is 1. The van der Waals surface area contributed by atoms with Gasteiger partial charge in [0.2, 0.25) is 11.8 Å². The smallest absolute Gasteiger partial charge is 0.228 e. The first-order valence-corrected chi connectivity index (χ1v) is 9.27. The molecule has 0 spiro atoms. The highest BCUT2D eigenvalue weighted by molar-refractivity contribution is 5.89. The average molecular weight is 366 g/mol. The summed E-state index contributed by atoms with van der Waals surface area (Å²) in [7, 11) is 3.45. The van der Waals surface area contributed by atoms with Crippen LogP contribution in [0.25, 0.3) is 0 Å². The molecule has 2 amide bonds. The number of para-hydroxylation sites is 1. The number of amides is 2. The molecule has 0 bridgehead atoms. The predicted octanol–water partition coefficient (Wildman–Crippen LogP) is 2.74. The van der Waals surface area contributed by atoms with Crippen LogP contribution in [0.2, 0.25) is 0 Å². The maximum Gasteiger partial charge on any atom is 0.228 e. The van der Waals surface area contributed by atoms with Crippen LogP contribution in [0, 0.1) is 5.92 Å². The number of methoxy groups -OCH3 is 1. The highest BCUT2D eigenvalue weighted by Gasteiger charge is 2.35.